The highest BCUT2D eigenvalue weighted by atomic mass is 19.3. The fraction of sp³-hybridized carbons (Fsp3) is 0.250. The number of nitrogens with two attached hydrogens (primary N) is 1. The summed E-state index contributed by atoms with van der Waals surface area (Å²) in [6.07, 6.45) is -1.72. The Hall–Kier alpha value is -1.56. The van der Waals surface area contributed by atoms with Crippen LogP contribution in [0.3, 0.4) is 0 Å². The highest BCUT2D eigenvalue weighted by molar-refractivity contribution is 5.89. The monoisotopic (exact) mass is 202 g/mol. The van der Waals surface area contributed by atoms with Gasteiger partial charge in [-0.1, -0.05) is 0 Å². The first-order chi connectivity index (χ1) is 6.56. The van der Waals surface area contributed by atoms with Gasteiger partial charge in [0.1, 0.15) is 5.69 Å². The first kappa shape index (κ1) is 10.5. The number of nitrogens with zero attached hydrogens (tertiary/aromatic N) is 1. The summed E-state index contributed by atoms with van der Waals surface area (Å²) >= 11 is 0. The average molecular weight is 202 g/mol. The number of rotatable bonds is 3. The minimum absolute atomic E-state index is 0.0435. The number of carbonyl (C=O) groups is 1. The Bertz CT molecular complexity index is 355. The molecule has 1 rings (SSSR count). The van der Waals surface area contributed by atoms with Crippen LogP contribution in [0.15, 0.2) is 12.3 Å². The summed E-state index contributed by atoms with van der Waals surface area (Å²) in [4.78, 5) is 14.0. The van der Waals surface area contributed by atoms with Crippen molar-refractivity contribution in [2.45, 2.75) is 13.0 Å². The molecule has 0 saturated carbocycles. The Morgan fingerprint density at radius 1 is 1.64 bits per heavy atom. The number of carboxylic acids is 1. The molecule has 1 heterocycles. The molecule has 0 unspecified atom stereocenters. The summed E-state index contributed by atoms with van der Waals surface area (Å²) in [5.74, 6) is -1.28. The van der Waals surface area contributed by atoms with E-state index in [2.05, 4.69) is 4.98 Å². The molecule has 0 aliphatic carbocycles. The van der Waals surface area contributed by atoms with Gasteiger partial charge in [0.2, 0.25) is 0 Å². The number of carboxylic acid groups (broad SMARTS) is 1. The molecule has 0 aliphatic heterocycles. The third-order valence-corrected chi connectivity index (χ3v) is 1.68. The van der Waals surface area contributed by atoms with Crippen LogP contribution in [-0.4, -0.2) is 16.1 Å². The van der Waals surface area contributed by atoms with Crippen LogP contribution in [0.5, 0.6) is 0 Å². The third-order valence-electron chi connectivity index (χ3n) is 1.68. The van der Waals surface area contributed by atoms with E-state index in [1.165, 1.54) is 0 Å². The smallest absolute Gasteiger partial charge is 0.336 e. The topological polar surface area (TPSA) is 76.2 Å². The molecule has 6 heteroatoms. The molecule has 0 spiro atoms. The van der Waals surface area contributed by atoms with E-state index >= 15 is 0 Å². The van der Waals surface area contributed by atoms with Gasteiger partial charge in [-0.3, -0.25) is 4.98 Å². The minimum Gasteiger partial charge on any atom is -0.478 e. The van der Waals surface area contributed by atoms with E-state index < -0.39 is 18.1 Å². The van der Waals surface area contributed by atoms with Crippen LogP contribution in [0, 0.1) is 0 Å². The molecule has 14 heavy (non-hydrogen) atoms. The molecule has 0 atom stereocenters. The van der Waals surface area contributed by atoms with Crippen molar-refractivity contribution in [3.05, 3.63) is 29.1 Å². The molecule has 0 fully saturated rings. The second-order valence-corrected chi connectivity index (χ2v) is 2.58. The maximum absolute atomic E-state index is 12.2. The van der Waals surface area contributed by atoms with Crippen LogP contribution in [0.25, 0.3) is 0 Å². The van der Waals surface area contributed by atoms with Gasteiger partial charge in [-0.25, -0.2) is 13.6 Å². The van der Waals surface area contributed by atoms with E-state index in [0.29, 0.717) is 0 Å². The van der Waals surface area contributed by atoms with E-state index in [-0.39, 0.29) is 17.7 Å². The quantitative estimate of drug-likeness (QED) is 0.771. The van der Waals surface area contributed by atoms with Gasteiger partial charge in [-0.05, 0) is 11.6 Å². The fourth-order valence-electron chi connectivity index (χ4n) is 0.981. The van der Waals surface area contributed by atoms with Gasteiger partial charge in [0, 0.05) is 12.7 Å². The molecule has 1 aromatic heterocycles. The lowest BCUT2D eigenvalue weighted by atomic mass is 10.1. The number of hydrogen-bond donors (Lipinski definition) is 2. The Kier molecular flexibility index (Phi) is 3.08. The minimum atomic E-state index is -2.78. The maximum atomic E-state index is 12.2. The van der Waals surface area contributed by atoms with Gasteiger partial charge in [-0.15, -0.1) is 0 Å². The zero-order valence-electron chi connectivity index (χ0n) is 7.08. The largest absolute Gasteiger partial charge is 0.478 e. The molecule has 0 amide bonds. The summed E-state index contributed by atoms with van der Waals surface area (Å²) in [7, 11) is 0. The van der Waals surface area contributed by atoms with E-state index in [1.54, 1.807) is 0 Å². The molecule has 0 aliphatic rings. The molecule has 0 radical (unpaired) electrons. The number of aromatic nitrogens is 1. The van der Waals surface area contributed by atoms with Crippen LogP contribution in [-0.2, 0) is 6.54 Å². The third kappa shape index (κ3) is 2.02. The Labute approximate surface area is 78.4 Å². The average Bonchev–Trinajstić information content (AvgIpc) is 2.16. The Morgan fingerprint density at radius 3 is 2.71 bits per heavy atom. The SMILES string of the molecule is NCc1cnc(C(F)F)cc1C(=O)O. The Morgan fingerprint density at radius 2 is 2.29 bits per heavy atom. The van der Waals surface area contributed by atoms with Crippen molar-refractivity contribution in [2.24, 2.45) is 5.73 Å². The fourth-order valence-corrected chi connectivity index (χ4v) is 0.981. The number of hydrogen-bond acceptors (Lipinski definition) is 3. The molecular weight excluding hydrogens is 194 g/mol. The van der Waals surface area contributed by atoms with E-state index in [9.17, 15) is 13.6 Å². The predicted molar refractivity (Wildman–Crippen MR) is 44.0 cm³/mol. The van der Waals surface area contributed by atoms with Crippen molar-refractivity contribution in [1.29, 1.82) is 0 Å². The van der Waals surface area contributed by atoms with Crippen LogP contribution in [0.4, 0.5) is 8.78 Å². The highest BCUT2D eigenvalue weighted by Crippen LogP contribution is 2.19. The number of halogens is 2. The van der Waals surface area contributed by atoms with Crippen molar-refractivity contribution < 1.29 is 18.7 Å². The van der Waals surface area contributed by atoms with Crippen LogP contribution in [0.1, 0.15) is 28.0 Å². The van der Waals surface area contributed by atoms with Gasteiger partial charge in [0.15, 0.2) is 0 Å². The summed E-state index contributed by atoms with van der Waals surface area (Å²) in [5, 5.41) is 8.67. The van der Waals surface area contributed by atoms with E-state index in [0.717, 1.165) is 12.3 Å². The normalized spacial score (nSPS) is 10.6. The van der Waals surface area contributed by atoms with Crippen LogP contribution < -0.4 is 5.73 Å². The molecule has 1 aromatic rings. The van der Waals surface area contributed by atoms with Crippen molar-refractivity contribution in [1.82, 2.24) is 4.98 Å². The molecule has 0 aromatic carbocycles. The molecule has 0 bridgehead atoms. The molecular formula is C8H8F2N2O2. The van der Waals surface area contributed by atoms with Crippen molar-refractivity contribution in [3.63, 3.8) is 0 Å². The number of pyridine rings is 1. The molecule has 3 N–H and O–H groups in total. The van der Waals surface area contributed by atoms with E-state index in [4.69, 9.17) is 10.8 Å². The molecule has 4 nitrogen and oxygen atoms in total. The first-order valence-corrected chi connectivity index (χ1v) is 3.76. The molecule has 0 saturated heterocycles. The number of aromatic carboxylic acids is 1. The summed E-state index contributed by atoms with van der Waals surface area (Å²) in [6, 6.07) is 0.842. The van der Waals surface area contributed by atoms with E-state index in [1.807, 2.05) is 0 Å². The van der Waals surface area contributed by atoms with Crippen molar-refractivity contribution in [2.75, 3.05) is 0 Å². The van der Waals surface area contributed by atoms with Crippen molar-refractivity contribution in [3.8, 4) is 0 Å². The summed E-state index contributed by atoms with van der Waals surface area (Å²) < 4.78 is 24.3. The highest BCUT2D eigenvalue weighted by Gasteiger charge is 2.15. The van der Waals surface area contributed by atoms with Gasteiger partial charge in [0.05, 0.1) is 5.56 Å². The lowest BCUT2D eigenvalue weighted by molar-refractivity contribution is 0.0695. The Balaban J connectivity index is 3.21. The maximum Gasteiger partial charge on any atom is 0.336 e. The molecule has 76 valence electrons. The van der Waals surface area contributed by atoms with Gasteiger partial charge in [0.25, 0.3) is 6.43 Å². The zero-order valence-corrected chi connectivity index (χ0v) is 7.08. The van der Waals surface area contributed by atoms with Crippen LogP contribution in [0.2, 0.25) is 0 Å². The standard InChI is InChI=1S/C8H8F2N2O2/c9-7(10)6-1-5(8(13)14)4(2-11)3-12-6/h1,3,7H,2,11H2,(H,13,14). The predicted octanol–water partition coefficient (Wildman–Crippen LogP) is 1.18. The van der Waals surface area contributed by atoms with Crippen LogP contribution >= 0.6 is 0 Å². The van der Waals surface area contributed by atoms with Gasteiger partial charge >= 0.3 is 5.97 Å². The lowest BCUT2D eigenvalue weighted by Gasteiger charge is -2.05. The van der Waals surface area contributed by atoms with Gasteiger partial charge in [-0.2, -0.15) is 0 Å². The van der Waals surface area contributed by atoms with Crippen molar-refractivity contribution >= 4 is 5.97 Å². The summed E-state index contributed by atoms with van der Waals surface area (Å²) in [6.45, 7) is -0.0435. The first-order valence-electron chi connectivity index (χ1n) is 3.76. The van der Waals surface area contributed by atoms with Gasteiger partial charge < -0.3 is 10.8 Å². The second kappa shape index (κ2) is 4.10. The summed E-state index contributed by atoms with van der Waals surface area (Å²) in [5.41, 5.74) is 4.68. The number of alkyl halides is 2. The second-order valence-electron chi connectivity index (χ2n) is 2.58. The zero-order chi connectivity index (χ0) is 10.7. The lowest BCUT2D eigenvalue weighted by Crippen LogP contribution is -2.09.